The fourth-order valence-corrected chi connectivity index (χ4v) is 3.38. The van der Waals surface area contributed by atoms with E-state index in [2.05, 4.69) is 20.4 Å². The molecule has 0 spiro atoms. The molecule has 4 aromatic rings. The second-order valence-electron chi connectivity index (χ2n) is 5.72. The molecule has 1 amide bonds. The normalized spacial score (nSPS) is 12.4. The molecule has 4 rings (SSSR count). The van der Waals surface area contributed by atoms with Crippen LogP contribution in [0.4, 0.5) is 0 Å². The van der Waals surface area contributed by atoms with Crippen LogP contribution in [0.3, 0.4) is 0 Å². The van der Waals surface area contributed by atoms with Crippen LogP contribution in [0.1, 0.15) is 24.2 Å². The summed E-state index contributed by atoms with van der Waals surface area (Å²) in [7, 11) is 0. The molecule has 0 fully saturated rings. The minimum atomic E-state index is -0.0824. The van der Waals surface area contributed by atoms with Crippen LogP contribution in [-0.2, 0) is 11.2 Å². The van der Waals surface area contributed by atoms with E-state index < -0.39 is 0 Å². The maximum atomic E-state index is 12.3. The summed E-state index contributed by atoms with van der Waals surface area (Å²) < 4.78 is 3.62. The Labute approximate surface area is 148 Å². The van der Waals surface area contributed by atoms with Gasteiger partial charge in [0.05, 0.1) is 23.8 Å². The molecule has 0 aliphatic rings. The Kier molecular flexibility index (Phi) is 4.02. The zero-order chi connectivity index (χ0) is 17.2. The zero-order valence-electron chi connectivity index (χ0n) is 13.5. The van der Waals surface area contributed by atoms with Gasteiger partial charge in [-0.15, -0.1) is 11.3 Å². The van der Waals surface area contributed by atoms with Gasteiger partial charge in [-0.3, -0.25) is 9.20 Å². The van der Waals surface area contributed by atoms with Crippen molar-refractivity contribution < 1.29 is 4.79 Å². The van der Waals surface area contributed by atoms with E-state index in [1.807, 2.05) is 53.4 Å². The van der Waals surface area contributed by atoms with Gasteiger partial charge in [-0.25, -0.2) is 14.6 Å². The lowest BCUT2D eigenvalue weighted by molar-refractivity contribution is -0.121. The highest BCUT2D eigenvalue weighted by Gasteiger charge is 2.12. The molecule has 0 aliphatic heterocycles. The number of fused-ring (bicyclic) bond motifs is 1. The number of nitrogens with one attached hydrogen (secondary N) is 1. The Morgan fingerprint density at radius 3 is 2.88 bits per heavy atom. The number of rotatable bonds is 5. The van der Waals surface area contributed by atoms with Gasteiger partial charge in [0, 0.05) is 17.8 Å². The first kappa shape index (κ1) is 15.5. The summed E-state index contributed by atoms with van der Waals surface area (Å²) in [6, 6.07) is 7.79. The topological polar surface area (TPSA) is 77.1 Å². The van der Waals surface area contributed by atoms with Crippen LogP contribution in [0.25, 0.3) is 10.6 Å². The molecule has 0 radical (unpaired) electrons. The number of hydrogen-bond acceptors (Lipinski definition) is 5. The van der Waals surface area contributed by atoms with E-state index in [9.17, 15) is 4.79 Å². The third-order valence-electron chi connectivity index (χ3n) is 3.94. The number of amides is 1. The first-order valence-corrected chi connectivity index (χ1v) is 8.72. The van der Waals surface area contributed by atoms with Crippen molar-refractivity contribution in [2.45, 2.75) is 19.4 Å². The van der Waals surface area contributed by atoms with E-state index in [0.717, 1.165) is 21.9 Å². The minimum absolute atomic E-state index is 0.0430. The summed E-state index contributed by atoms with van der Waals surface area (Å²) in [5.41, 5.74) is 2.74. The number of thiazole rings is 1. The molecule has 1 N–H and O–H groups in total. The van der Waals surface area contributed by atoms with E-state index in [1.54, 1.807) is 22.3 Å². The molecule has 1 atom stereocenters. The van der Waals surface area contributed by atoms with Crippen molar-refractivity contribution in [3.8, 4) is 5.69 Å². The second kappa shape index (κ2) is 6.48. The summed E-state index contributed by atoms with van der Waals surface area (Å²) in [6.45, 7) is 1.97. The Hall–Kier alpha value is -3.00. The first-order chi connectivity index (χ1) is 12.2. The molecule has 25 heavy (non-hydrogen) atoms. The molecule has 7 nitrogen and oxygen atoms in total. The molecule has 0 saturated heterocycles. The van der Waals surface area contributed by atoms with E-state index in [4.69, 9.17) is 0 Å². The quantitative estimate of drug-likeness (QED) is 0.598. The third-order valence-corrected chi connectivity index (χ3v) is 4.71. The summed E-state index contributed by atoms with van der Waals surface area (Å²) in [5.74, 6) is -0.0430. The van der Waals surface area contributed by atoms with Gasteiger partial charge in [0.1, 0.15) is 12.7 Å². The molecule has 3 aromatic heterocycles. The maximum absolute atomic E-state index is 12.3. The van der Waals surface area contributed by atoms with Crippen LogP contribution in [0.5, 0.6) is 0 Å². The molecule has 0 aliphatic carbocycles. The molecule has 126 valence electrons. The van der Waals surface area contributed by atoms with Gasteiger partial charge in [-0.2, -0.15) is 5.10 Å². The van der Waals surface area contributed by atoms with Crippen LogP contribution < -0.4 is 5.32 Å². The molecule has 1 aromatic carbocycles. The van der Waals surface area contributed by atoms with E-state index >= 15 is 0 Å². The Balaban J connectivity index is 1.39. The van der Waals surface area contributed by atoms with Crippen LogP contribution in [0.15, 0.2) is 54.7 Å². The number of hydrogen-bond donors (Lipinski definition) is 1. The van der Waals surface area contributed by atoms with E-state index in [1.165, 1.54) is 6.33 Å². The van der Waals surface area contributed by atoms with Gasteiger partial charge < -0.3 is 5.32 Å². The molecule has 3 heterocycles. The largest absolute Gasteiger partial charge is 0.349 e. The fourth-order valence-electron chi connectivity index (χ4n) is 2.66. The second-order valence-corrected chi connectivity index (χ2v) is 6.60. The number of benzene rings is 1. The van der Waals surface area contributed by atoms with Crippen molar-refractivity contribution in [2.24, 2.45) is 0 Å². The predicted molar refractivity (Wildman–Crippen MR) is 94.7 cm³/mol. The van der Waals surface area contributed by atoms with Crippen molar-refractivity contribution >= 4 is 22.2 Å². The van der Waals surface area contributed by atoms with Gasteiger partial charge in [0.25, 0.3) is 0 Å². The SMILES string of the molecule is C[C@@H](NC(=O)Cc1cn2ccsc2n1)c1ccc(-n2cncn2)cc1. The van der Waals surface area contributed by atoms with Crippen molar-refractivity contribution in [3.63, 3.8) is 0 Å². The summed E-state index contributed by atoms with van der Waals surface area (Å²) in [4.78, 5) is 21.5. The van der Waals surface area contributed by atoms with Gasteiger partial charge >= 0.3 is 0 Å². The fraction of sp³-hybridized carbons (Fsp3) is 0.176. The van der Waals surface area contributed by atoms with Crippen molar-refractivity contribution in [2.75, 3.05) is 0 Å². The van der Waals surface area contributed by atoms with Gasteiger partial charge in [0.15, 0.2) is 4.96 Å². The lowest BCUT2D eigenvalue weighted by atomic mass is 10.1. The Morgan fingerprint density at radius 1 is 1.32 bits per heavy atom. The smallest absolute Gasteiger partial charge is 0.226 e. The number of imidazole rings is 1. The monoisotopic (exact) mass is 352 g/mol. The van der Waals surface area contributed by atoms with Crippen molar-refractivity contribution in [1.82, 2.24) is 29.5 Å². The summed E-state index contributed by atoms with van der Waals surface area (Å²) in [5, 5.41) is 9.08. The molecule has 0 bridgehead atoms. The predicted octanol–water partition coefficient (Wildman–Crippen LogP) is 2.40. The first-order valence-electron chi connectivity index (χ1n) is 7.84. The molecule has 8 heteroatoms. The molecular formula is C17H16N6OS. The lowest BCUT2D eigenvalue weighted by Gasteiger charge is -2.14. The Bertz CT molecular complexity index is 957. The van der Waals surface area contributed by atoms with E-state index in [-0.39, 0.29) is 18.4 Å². The summed E-state index contributed by atoms with van der Waals surface area (Å²) >= 11 is 1.55. The molecule has 0 saturated carbocycles. The van der Waals surface area contributed by atoms with Crippen molar-refractivity contribution in [1.29, 1.82) is 0 Å². The van der Waals surface area contributed by atoms with E-state index in [0.29, 0.717) is 0 Å². The van der Waals surface area contributed by atoms with Crippen LogP contribution >= 0.6 is 11.3 Å². The van der Waals surface area contributed by atoms with Gasteiger partial charge in [-0.05, 0) is 24.6 Å². The van der Waals surface area contributed by atoms with Crippen LogP contribution in [0.2, 0.25) is 0 Å². The van der Waals surface area contributed by atoms with Crippen molar-refractivity contribution in [3.05, 3.63) is 66.0 Å². The number of nitrogens with zero attached hydrogens (tertiary/aromatic N) is 5. The maximum Gasteiger partial charge on any atom is 0.226 e. The highest BCUT2D eigenvalue weighted by Crippen LogP contribution is 2.16. The Morgan fingerprint density at radius 2 is 2.16 bits per heavy atom. The molecule has 0 unspecified atom stereocenters. The number of aromatic nitrogens is 5. The number of carbonyl (C=O) groups excluding carboxylic acids is 1. The van der Waals surface area contributed by atoms with Gasteiger partial charge in [0.2, 0.25) is 5.91 Å². The lowest BCUT2D eigenvalue weighted by Crippen LogP contribution is -2.28. The third kappa shape index (κ3) is 3.29. The van der Waals surface area contributed by atoms with Crippen LogP contribution in [-0.4, -0.2) is 30.1 Å². The summed E-state index contributed by atoms with van der Waals surface area (Å²) in [6.07, 6.45) is 7.25. The zero-order valence-corrected chi connectivity index (χ0v) is 14.3. The minimum Gasteiger partial charge on any atom is -0.349 e. The number of carbonyl (C=O) groups is 1. The van der Waals surface area contributed by atoms with Crippen LogP contribution in [0, 0.1) is 0 Å². The molecular weight excluding hydrogens is 336 g/mol. The highest BCUT2D eigenvalue weighted by atomic mass is 32.1. The van der Waals surface area contributed by atoms with Gasteiger partial charge in [-0.1, -0.05) is 12.1 Å². The highest BCUT2D eigenvalue weighted by molar-refractivity contribution is 7.15. The average Bonchev–Trinajstić information content (AvgIpc) is 3.32. The average molecular weight is 352 g/mol. The standard InChI is InChI=1S/C17H16N6OS/c1-12(13-2-4-15(5-3-13)23-11-18-10-19-23)20-16(24)8-14-9-22-6-7-25-17(22)21-14/h2-7,9-12H,8H2,1H3,(H,20,24)/t12-/m1/s1.